The van der Waals surface area contributed by atoms with Crippen LogP contribution in [0.1, 0.15) is 51.6 Å². The van der Waals surface area contributed by atoms with Crippen LogP contribution in [0.2, 0.25) is 5.02 Å². The molecule has 1 aliphatic carbocycles. The minimum Gasteiger partial charge on any atom is -0.484 e. The first kappa shape index (κ1) is 24.1. The Kier molecular flexibility index (Phi) is 6.58. The summed E-state index contributed by atoms with van der Waals surface area (Å²) < 4.78 is 30.4. The van der Waals surface area contributed by atoms with Crippen molar-refractivity contribution in [2.75, 3.05) is 6.61 Å². The zero-order chi connectivity index (χ0) is 24.6. The van der Waals surface area contributed by atoms with Crippen molar-refractivity contribution < 1.29 is 27.9 Å². The maximum Gasteiger partial charge on any atom is 0.336 e. The summed E-state index contributed by atoms with van der Waals surface area (Å²) in [5.74, 6) is -0.855. The number of halogens is 2. The molecule has 0 saturated heterocycles. The van der Waals surface area contributed by atoms with E-state index in [1.54, 1.807) is 26.0 Å². The van der Waals surface area contributed by atoms with Gasteiger partial charge in [0.05, 0.1) is 29.0 Å². The molecule has 34 heavy (non-hydrogen) atoms. The monoisotopic (exact) mass is 487 g/mol. The quantitative estimate of drug-likeness (QED) is 0.529. The van der Waals surface area contributed by atoms with Crippen LogP contribution in [-0.2, 0) is 20.9 Å². The van der Waals surface area contributed by atoms with E-state index in [1.807, 2.05) is 13.8 Å². The number of fused-ring (bicyclic) bond motifs is 1. The Hall–Kier alpha value is -3.06. The molecule has 8 heteroatoms. The van der Waals surface area contributed by atoms with Crippen molar-refractivity contribution in [2.45, 2.75) is 46.6 Å². The zero-order valence-corrected chi connectivity index (χ0v) is 20.3. The van der Waals surface area contributed by atoms with Crippen LogP contribution in [0.15, 0.2) is 57.8 Å². The van der Waals surface area contributed by atoms with Crippen molar-refractivity contribution in [1.29, 1.82) is 0 Å². The Bertz CT molecular complexity index is 1200. The fourth-order valence-corrected chi connectivity index (χ4v) is 4.85. The average molecular weight is 488 g/mol. The second-order valence-corrected chi connectivity index (χ2v) is 9.65. The molecule has 2 heterocycles. The average Bonchev–Trinajstić information content (AvgIpc) is 3.20. The third-order valence-corrected chi connectivity index (χ3v) is 6.28. The van der Waals surface area contributed by atoms with E-state index in [-0.39, 0.29) is 29.4 Å². The maximum absolute atomic E-state index is 13.3. The normalized spacial score (nSPS) is 21.5. The molecule has 2 atom stereocenters. The molecule has 2 aliphatic rings. The van der Waals surface area contributed by atoms with E-state index < -0.39 is 23.6 Å². The van der Waals surface area contributed by atoms with Gasteiger partial charge in [-0.05, 0) is 49.6 Å². The summed E-state index contributed by atoms with van der Waals surface area (Å²) in [6.07, 6.45) is 2.41. The number of ketones is 1. The van der Waals surface area contributed by atoms with Gasteiger partial charge in [0.15, 0.2) is 0 Å². The lowest BCUT2D eigenvalue weighted by Crippen LogP contribution is -2.43. The summed E-state index contributed by atoms with van der Waals surface area (Å²) in [4.78, 5) is 26.2. The molecule has 180 valence electrons. The summed E-state index contributed by atoms with van der Waals surface area (Å²) in [6, 6.07) is 7.35. The number of ether oxygens (including phenoxy) is 2. The van der Waals surface area contributed by atoms with Crippen LogP contribution in [0.25, 0.3) is 0 Å². The first-order chi connectivity index (χ1) is 16.1. The van der Waals surface area contributed by atoms with Crippen molar-refractivity contribution in [2.24, 2.45) is 11.3 Å². The van der Waals surface area contributed by atoms with Crippen LogP contribution in [0.5, 0.6) is 5.75 Å². The molecular weight excluding hydrogens is 461 g/mol. The number of carbonyl (C=O) groups is 2. The standard InChI is InChI=1S/C26H27ClFNO5/c1-5-32-25(31)22-14(2)29-18-11-26(3,4)12-19(30)23(18)24(22)21-9-7-16(34-21)13-33-20-8-6-15(28)10-17(20)27/h6-11,23-24,29H,5,12-13H2,1-4H3. The molecule has 0 saturated carbocycles. The van der Waals surface area contributed by atoms with Gasteiger partial charge in [-0.3, -0.25) is 4.79 Å². The molecule has 0 spiro atoms. The number of hydrogen-bond acceptors (Lipinski definition) is 6. The highest BCUT2D eigenvalue weighted by atomic mass is 35.5. The SMILES string of the molecule is CCOC(=O)C1=C(C)NC2=CC(C)(C)CC(=O)C2C1c1ccc(COc2ccc(F)cc2Cl)o1. The predicted octanol–water partition coefficient (Wildman–Crippen LogP) is 5.67. The number of rotatable bonds is 6. The van der Waals surface area contributed by atoms with Crippen LogP contribution in [0, 0.1) is 17.2 Å². The molecule has 0 bridgehead atoms. The zero-order valence-electron chi connectivity index (χ0n) is 19.5. The number of furan rings is 1. The third kappa shape index (κ3) is 4.75. The highest BCUT2D eigenvalue weighted by Gasteiger charge is 2.47. The van der Waals surface area contributed by atoms with Crippen molar-refractivity contribution in [3.8, 4) is 5.75 Å². The van der Waals surface area contributed by atoms with Crippen molar-refractivity contribution >= 4 is 23.4 Å². The van der Waals surface area contributed by atoms with Crippen molar-refractivity contribution in [3.05, 3.63) is 75.7 Å². The lowest BCUT2D eigenvalue weighted by atomic mass is 9.67. The van der Waals surface area contributed by atoms with Crippen LogP contribution < -0.4 is 10.1 Å². The van der Waals surface area contributed by atoms with Gasteiger partial charge in [-0.1, -0.05) is 31.5 Å². The molecule has 2 aromatic rings. The minimum atomic E-state index is -0.627. The number of nitrogens with one attached hydrogen (secondary N) is 1. The molecule has 2 unspecified atom stereocenters. The smallest absolute Gasteiger partial charge is 0.336 e. The van der Waals surface area contributed by atoms with Gasteiger partial charge in [0.2, 0.25) is 0 Å². The number of Topliss-reactive ketones (excluding diaryl/α,β-unsaturated/α-hetero) is 1. The van der Waals surface area contributed by atoms with Gasteiger partial charge < -0.3 is 19.2 Å². The Morgan fingerprint density at radius 2 is 2.03 bits per heavy atom. The summed E-state index contributed by atoms with van der Waals surface area (Å²) in [5.41, 5.74) is 1.48. The second kappa shape index (κ2) is 9.29. The molecule has 1 aromatic carbocycles. The predicted molar refractivity (Wildman–Crippen MR) is 125 cm³/mol. The fraction of sp³-hybridized carbons (Fsp3) is 0.385. The van der Waals surface area contributed by atoms with E-state index >= 15 is 0 Å². The number of benzene rings is 1. The molecule has 1 aromatic heterocycles. The van der Waals surface area contributed by atoms with Crippen molar-refractivity contribution in [1.82, 2.24) is 5.32 Å². The Balaban J connectivity index is 1.68. The van der Waals surface area contributed by atoms with E-state index in [0.29, 0.717) is 35.0 Å². The summed E-state index contributed by atoms with van der Waals surface area (Å²) in [7, 11) is 0. The summed E-state index contributed by atoms with van der Waals surface area (Å²) in [5, 5.41) is 3.42. The van der Waals surface area contributed by atoms with Crippen LogP contribution in [0.4, 0.5) is 4.39 Å². The molecule has 4 rings (SSSR count). The van der Waals surface area contributed by atoms with Crippen LogP contribution in [-0.4, -0.2) is 18.4 Å². The lowest BCUT2D eigenvalue weighted by molar-refractivity contribution is -0.139. The van der Waals surface area contributed by atoms with E-state index in [4.69, 9.17) is 25.5 Å². The van der Waals surface area contributed by atoms with Gasteiger partial charge in [0, 0.05) is 17.8 Å². The van der Waals surface area contributed by atoms with Gasteiger partial charge in [-0.25, -0.2) is 9.18 Å². The molecule has 1 aliphatic heterocycles. The first-order valence-electron chi connectivity index (χ1n) is 11.2. The highest BCUT2D eigenvalue weighted by molar-refractivity contribution is 6.32. The minimum absolute atomic E-state index is 0.0293. The summed E-state index contributed by atoms with van der Waals surface area (Å²) in [6.45, 7) is 7.81. The second-order valence-electron chi connectivity index (χ2n) is 9.24. The highest BCUT2D eigenvalue weighted by Crippen LogP contribution is 2.47. The van der Waals surface area contributed by atoms with Crippen molar-refractivity contribution in [3.63, 3.8) is 0 Å². The summed E-state index contributed by atoms with van der Waals surface area (Å²) >= 11 is 6.03. The molecule has 1 N–H and O–H groups in total. The topological polar surface area (TPSA) is 77.8 Å². The lowest BCUT2D eigenvalue weighted by Gasteiger charge is -2.40. The number of carbonyl (C=O) groups excluding carboxylic acids is 2. The molecular formula is C26H27ClFNO5. The fourth-order valence-electron chi connectivity index (χ4n) is 4.63. The first-order valence-corrected chi connectivity index (χ1v) is 11.5. The number of esters is 1. The van der Waals surface area contributed by atoms with Gasteiger partial charge in [0.25, 0.3) is 0 Å². The Morgan fingerprint density at radius 3 is 2.74 bits per heavy atom. The Labute approximate surface area is 202 Å². The van der Waals surface area contributed by atoms with Crippen LogP contribution >= 0.6 is 11.6 Å². The maximum atomic E-state index is 13.3. The van der Waals surface area contributed by atoms with Gasteiger partial charge in [0.1, 0.15) is 35.5 Å². The Morgan fingerprint density at radius 1 is 1.26 bits per heavy atom. The molecule has 0 amide bonds. The third-order valence-electron chi connectivity index (χ3n) is 5.99. The molecule has 0 radical (unpaired) electrons. The van der Waals surface area contributed by atoms with E-state index in [0.717, 1.165) is 5.70 Å². The molecule has 6 nitrogen and oxygen atoms in total. The van der Waals surface area contributed by atoms with E-state index in [1.165, 1.54) is 18.2 Å². The van der Waals surface area contributed by atoms with Crippen LogP contribution in [0.3, 0.4) is 0 Å². The largest absolute Gasteiger partial charge is 0.484 e. The van der Waals surface area contributed by atoms with Gasteiger partial charge >= 0.3 is 5.97 Å². The molecule has 0 fully saturated rings. The van der Waals surface area contributed by atoms with Gasteiger partial charge in [-0.2, -0.15) is 0 Å². The van der Waals surface area contributed by atoms with E-state index in [2.05, 4.69) is 11.4 Å². The van der Waals surface area contributed by atoms with Gasteiger partial charge in [-0.15, -0.1) is 0 Å². The number of hydrogen-bond donors (Lipinski definition) is 1. The number of allylic oxidation sites excluding steroid dienone is 3. The van der Waals surface area contributed by atoms with E-state index in [9.17, 15) is 14.0 Å².